The summed E-state index contributed by atoms with van der Waals surface area (Å²) in [5.74, 6) is 0.434. The van der Waals surface area contributed by atoms with Crippen LogP contribution in [0.4, 0.5) is 17.5 Å². The average Bonchev–Trinajstić information content (AvgIpc) is 2.25. The molecule has 1 aliphatic rings. The summed E-state index contributed by atoms with van der Waals surface area (Å²) in [5.41, 5.74) is 6.04. The first kappa shape index (κ1) is 13.5. The van der Waals surface area contributed by atoms with E-state index in [4.69, 9.17) is 5.73 Å². The van der Waals surface area contributed by atoms with E-state index >= 15 is 0 Å². The summed E-state index contributed by atoms with van der Waals surface area (Å²) in [5, 5.41) is 11.2. The fourth-order valence-electron chi connectivity index (χ4n) is 2.61. The van der Waals surface area contributed by atoms with Crippen LogP contribution in [-0.4, -0.2) is 28.0 Å². The number of hydrogen-bond acceptors (Lipinski definition) is 6. The van der Waals surface area contributed by atoms with Crippen molar-refractivity contribution in [3.63, 3.8) is 0 Å². The zero-order valence-electron chi connectivity index (χ0n) is 11.5. The first-order chi connectivity index (χ1) is 8.80. The Bertz CT molecular complexity index is 515. The van der Waals surface area contributed by atoms with Gasteiger partial charge >= 0.3 is 5.69 Å². The highest BCUT2D eigenvalue weighted by Gasteiger charge is 2.32. The Kier molecular flexibility index (Phi) is 3.30. The lowest BCUT2D eigenvalue weighted by Gasteiger charge is -2.38. The molecule has 7 heteroatoms. The van der Waals surface area contributed by atoms with E-state index in [9.17, 15) is 10.1 Å². The van der Waals surface area contributed by atoms with E-state index in [0.29, 0.717) is 11.5 Å². The SMILES string of the molecule is Cc1nc(N)nc(N2CCCC(C)(C)C2)c1[N+](=O)[O-]. The van der Waals surface area contributed by atoms with Gasteiger partial charge in [0, 0.05) is 13.1 Å². The smallest absolute Gasteiger partial charge is 0.332 e. The molecular formula is C12H19N5O2. The molecule has 0 unspecified atom stereocenters. The van der Waals surface area contributed by atoms with Gasteiger partial charge in [-0.05, 0) is 25.2 Å². The molecule has 0 saturated carbocycles. The van der Waals surface area contributed by atoms with Crippen molar-refractivity contribution in [2.45, 2.75) is 33.6 Å². The maximum Gasteiger partial charge on any atom is 0.332 e. The fraction of sp³-hybridized carbons (Fsp3) is 0.667. The Hall–Kier alpha value is -1.92. The average molecular weight is 265 g/mol. The van der Waals surface area contributed by atoms with Crippen LogP contribution in [-0.2, 0) is 0 Å². The fourth-order valence-corrected chi connectivity index (χ4v) is 2.61. The number of aryl methyl sites for hydroxylation is 1. The molecule has 2 heterocycles. The van der Waals surface area contributed by atoms with Gasteiger partial charge in [-0.25, -0.2) is 4.98 Å². The minimum atomic E-state index is -0.425. The number of rotatable bonds is 2. The van der Waals surface area contributed by atoms with Crippen molar-refractivity contribution in [2.75, 3.05) is 23.7 Å². The molecule has 0 radical (unpaired) electrons. The zero-order valence-corrected chi connectivity index (χ0v) is 11.5. The van der Waals surface area contributed by atoms with Gasteiger partial charge in [0.1, 0.15) is 5.69 Å². The number of nitro groups is 1. The van der Waals surface area contributed by atoms with Crippen LogP contribution in [0.2, 0.25) is 0 Å². The van der Waals surface area contributed by atoms with Gasteiger partial charge in [-0.3, -0.25) is 10.1 Å². The maximum absolute atomic E-state index is 11.2. The molecule has 2 rings (SSSR count). The molecule has 0 aliphatic carbocycles. The minimum absolute atomic E-state index is 0.0353. The van der Waals surface area contributed by atoms with Gasteiger partial charge in [-0.2, -0.15) is 4.98 Å². The van der Waals surface area contributed by atoms with Crippen molar-refractivity contribution in [3.8, 4) is 0 Å². The number of nitrogens with zero attached hydrogens (tertiary/aromatic N) is 4. The highest BCUT2D eigenvalue weighted by atomic mass is 16.6. The van der Waals surface area contributed by atoms with Crippen LogP contribution in [0.25, 0.3) is 0 Å². The summed E-state index contributed by atoms with van der Waals surface area (Å²) < 4.78 is 0. The second-order valence-electron chi connectivity index (χ2n) is 5.79. The van der Waals surface area contributed by atoms with Crippen LogP contribution in [0.1, 0.15) is 32.4 Å². The largest absolute Gasteiger partial charge is 0.368 e. The monoisotopic (exact) mass is 265 g/mol. The third kappa shape index (κ3) is 2.74. The molecular weight excluding hydrogens is 246 g/mol. The highest BCUT2D eigenvalue weighted by molar-refractivity contribution is 5.62. The molecule has 0 amide bonds. The van der Waals surface area contributed by atoms with Crippen LogP contribution in [0, 0.1) is 22.5 Å². The Morgan fingerprint density at radius 3 is 2.68 bits per heavy atom. The lowest BCUT2D eigenvalue weighted by Crippen LogP contribution is -2.41. The van der Waals surface area contributed by atoms with Gasteiger partial charge in [0.25, 0.3) is 0 Å². The van der Waals surface area contributed by atoms with Crippen LogP contribution in [0.15, 0.2) is 0 Å². The molecule has 1 aliphatic heterocycles. The van der Waals surface area contributed by atoms with Crippen molar-refractivity contribution in [3.05, 3.63) is 15.8 Å². The van der Waals surface area contributed by atoms with Crippen LogP contribution in [0.3, 0.4) is 0 Å². The van der Waals surface area contributed by atoms with Crippen LogP contribution < -0.4 is 10.6 Å². The van der Waals surface area contributed by atoms with Crippen molar-refractivity contribution in [1.82, 2.24) is 9.97 Å². The predicted octanol–water partition coefficient (Wildman–Crippen LogP) is 1.90. The molecule has 1 fully saturated rings. The third-order valence-corrected chi connectivity index (χ3v) is 3.44. The highest BCUT2D eigenvalue weighted by Crippen LogP contribution is 2.35. The number of aromatic nitrogens is 2. The minimum Gasteiger partial charge on any atom is -0.368 e. The Balaban J connectivity index is 2.46. The Morgan fingerprint density at radius 1 is 1.42 bits per heavy atom. The topological polar surface area (TPSA) is 98.2 Å². The van der Waals surface area contributed by atoms with E-state index in [1.807, 2.05) is 4.90 Å². The second-order valence-corrected chi connectivity index (χ2v) is 5.79. The molecule has 19 heavy (non-hydrogen) atoms. The van der Waals surface area contributed by atoms with Gasteiger partial charge < -0.3 is 10.6 Å². The third-order valence-electron chi connectivity index (χ3n) is 3.44. The standard InChI is InChI=1S/C12H19N5O2/c1-8-9(17(18)19)10(15-11(13)14-8)16-6-4-5-12(2,3)7-16/h4-7H2,1-3H3,(H2,13,14,15). The van der Waals surface area contributed by atoms with Crippen LogP contribution in [0.5, 0.6) is 0 Å². The number of anilines is 2. The lowest BCUT2D eigenvalue weighted by molar-refractivity contribution is -0.385. The summed E-state index contributed by atoms with van der Waals surface area (Å²) in [4.78, 5) is 20.7. The van der Waals surface area contributed by atoms with Gasteiger partial charge in [0.15, 0.2) is 0 Å². The molecule has 0 bridgehead atoms. The summed E-state index contributed by atoms with van der Waals surface area (Å²) >= 11 is 0. The van der Waals surface area contributed by atoms with Crippen molar-refractivity contribution in [1.29, 1.82) is 0 Å². The quantitative estimate of drug-likeness (QED) is 0.647. The molecule has 104 valence electrons. The number of nitrogen functional groups attached to an aromatic ring is 1. The maximum atomic E-state index is 11.2. The number of hydrogen-bond donors (Lipinski definition) is 1. The van der Waals surface area contributed by atoms with Crippen molar-refractivity contribution in [2.24, 2.45) is 5.41 Å². The van der Waals surface area contributed by atoms with E-state index < -0.39 is 4.92 Å². The van der Waals surface area contributed by atoms with Crippen LogP contribution >= 0.6 is 0 Å². The van der Waals surface area contributed by atoms with Gasteiger partial charge in [-0.15, -0.1) is 0 Å². The Labute approximate surface area is 112 Å². The van der Waals surface area contributed by atoms with Gasteiger partial charge in [-0.1, -0.05) is 13.8 Å². The van der Waals surface area contributed by atoms with E-state index in [1.54, 1.807) is 6.92 Å². The molecule has 1 aromatic heterocycles. The summed E-state index contributed by atoms with van der Waals surface area (Å²) in [7, 11) is 0. The van der Waals surface area contributed by atoms with Crippen molar-refractivity contribution < 1.29 is 4.92 Å². The first-order valence-corrected chi connectivity index (χ1v) is 6.34. The predicted molar refractivity (Wildman–Crippen MR) is 73.1 cm³/mol. The molecule has 0 atom stereocenters. The molecule has 2 N–H and O–H groups in total. The van der Waals surface area contributed by atoms with E-state index in [1.165, 1.54) is 0 Å². The van der Waals surface area contributed by atoms with E-state index in [2.05, 4.69) is 23.8 Å². The number of piperidine rings is 1. The molecule has 0 spiro atoms. The lowest BCUT2D eigenvalue weighted by atomic mass is 9.84. The normalized spacial score (nSPS) is 18.4. The molecule has 1 aromatic rings. The summed E-state index contributed by atoms with van der Waals surface area (Å²) in [6.45, 7) is 7.41. The number of nitrogens with two attached hydrogens (primary N) is 1. The summed E-state index contributed by atoms with van der Waals surface area (Å²) in [6.07, 6.45) is 2.10. The second kappa shape index (κ2) is 4.64. The van der Waals surface area contributed by atoms with Crippen molar-refractivity contribution >= 4 is 17.5 Å². The van der Waals surface area contributed by atoms with E-state index in [0.717, 1.165) is 25.9 Å². The van der Waals surface area contributed by atoms with Gasteiger partial charge in [0.05, 0.1) is 4.92 Å². The molecule has 1 saturated heterocycles. The molecule has 7 nitrogen and oxygen atoms in total. The summed E-state index contributed by atoms with van der Waals surface area (Å²) in [6, 6.07) is 0. The first-order valence-electron chi connectivity index (χ1n) is 6.34. The van der Waals surface area contributed by atoms with E-state index in [-0.39, 0.29) is 17.1 Å². The zero-order chi connectivity index (χ0) is 14.2. The molecule has 0 aromatic carbocycles. The van der Waals surface area contributed by atoms with Gasteiger partial charge in [0.2, 0.25) is 11.8 Å². The Morgan fingerprint density at radius 2 is 2.11 bits per heavy atom.